The van der Waals surface area contributed by atoms with Crippen LogP contribution >= 0.6 is 0 Å². The number of hydrogen-bond donors (Lipinski definition) is 2. The van der Waals surface area contributed by atoms with Gasteiger partial charge in [-0.05, 0) is 17.3 Å². The van der Waals surface area contributed by atoms with Crippen molar-refractivity contribution in [3.8, 4) is 11.4 Å². The topological polar surface area (TPSA) is 92.8 Å². The molecule has 1 aromatic carbocycles. The lowest BCUT2D eigenvalue weighted by Crippen LogP contribution is -2.48. The van der Waals surface area contributed by atoms with E-state index in [4.69, 9.17) is 4.74 Å². The number of carbonyl (C=O) groups excluding carboxylic acids is 1. The molecule has 1 amide bonds. The minimum absolute atomic E-state index is 0.0565. The van der Waals surface area contributed by atoms with Crippen molar-refractivity contribution in [1.82, 2.24) is 25.9 Å². The number of aromatic amines is 1. The van der Waals surface area contributed by atoms with Crippen LogP contribution in [0.15, 0.2) is 24.3 Å². The Kier molecular flexibility index (Phi) is 3.19. The van der Waals surface area contributed by atoms with Gasteiger partial charge in [0.05, 0.1) is 13.2 Å². The van der Waals surface area contributed by atoms with Crippen LogP contribution in [0.2, 0.25) is 0 Å². The molecule has 2 heterocycles. The van der Waals surface area contributed by atoms with Crippen LogP contribution in [0.5, 0.6) is 0 Å². The van der Waals surface area contributed by atoms with E-state index >= 15 is 0 Å². The second kappa shape index (κ2) is 5.01. The summed E-state index contributed by atoms with van der Waals surface area (Å²) in [6, 6.07) is 7.15. The van der Waals surface area contributed by atoms with Crippen LogP contribution < -0.4 is 5.32 Å². The van der Waals surface area contributed by atoms with Crippen molar-refractivity contribution < 1.29 is 9.53 Å². The number of amides is 1. The van der Waals surface area contributed by atoms with Gasteiger partial charge in [0.25, 0.3) is 5.91 Å². The molecule has 0 atom stereocenters. The van der Waals surface area contributed by atoms with E-state index in [-0.39, 0.29) is 11.3 Å². The van der Waals surface area contributed by atoms with Crippen molar-refractivity contribution in [3.63, 3.8) is 0 Å². The Morgan fingerprint density at radius 2 is 2.35 bits per heavy atom. The Bertz CT molecular complexity index is 607. The van der Waals surface area contributed by atoms with Crippen LogP contribution in [0.3, 0.4) is 0 Å². The van der Waals surface area contributed by atoms with Crippen LogP contribution in [0.4, 0.5) is 0 Å². The molecule has 3 rings (SSSR count). The number of nitrogens with zero attached hydrogens (tertiary/aromatic N) is 3. The zero-order chi connectivity index (χ0) is 14.0. The Hall–Kier alpha value is -2.28. The third-order valence-corrected chi connectivity index (χ3v) is 3.31. The molecule has 1 saturated heterocycles. The molecule has 1 aliphatic heterocycles. The lowest BCUT2D eigenvalue weighted by atomic mass is 9.88. The van der Waals surface area contributed by atoms with Crippen LogP contribution in [-0.2, 0) is 4.74 Å². The molecule has 0 spiro atoms. The first-order chi connectivity index (χ1) is 9.66. The number of H-pyrrole nitrogens is 1. The highest BCUT2D eigenvalue weighted by Gasteiger charge is 2.33. The summed E-state index contributed by atoms with van der Waals surface area (Å²) in [7, 11) is 0. The number of tetrazole rings is 1. The highest BCUT2D eigenvalue weighted by molar-refractivity contribution is 5.95. The van der Waals surface area contributed by atoms with E-state index in [1.807, 2.05) is 6.07 Å². The second-order valence-electron chi connectivity index (χ2n) is 5.30. The van der Waals surface area contributed by atoms with E-state index in [0.717, 1.165) is 5.56 Å². The van der Waals surface area contributed by atoms with Gasteiger partial charge in [0.1, 0.15) is 0 Å². The van der Waals surface area contributed by atoms with Gasteiger partial charge in [0.15, 0.2) is 0 Å². The minimum atomic E-state index is -0.108. The van der Waals surface area contributed by atoms with E-state index < -0.39 is 0 Å². The predicted octanol–water partition coefficient (Wildman–Crippen LogP) is 0.633. The summed E-state index contributed by atoms with van der Waals surface area (Å²) in [4.78, 5) is 12.1. The molecular formula is C13H15N5O2. The van der Waals surface area contributed by atoms with Crippen molar-refractivity contribution in [3.05, 3.63) is 29.8 Å². The molecule has 7 heteroatoms. The Morgan fingerprint density at radius 3 is 3.00 bits per heavy atom. The first-order valence-corrected chi connectivity index (χ1v) is 6.36. The number of carbonyl (C=O) groups is 1. The maximum atomic E-state index is 12.1. The van der Waals surface area contributed by atoms with Crippen LogP contribution in [0, 0.1) is 5.41 Å². The molecule has 20 heavy (non-hydrogen) atoms. The summed E-state index contributed by atoms with van der Waals surface area (Å²) in [5.41, 5.74) is 1.39. The molecule has 2 aromatic rings. The monoisotopic (exact) mass is 273 g/mol. The summed E-state index contributed by atoms with van der Waals surface area (Å²) in [5, 5.41) is 16.6. The number of hydrogen-bond acceptors (Lipinski definition) is 5. The summed E-state index contributed by atoms with van der Waals surface area (Å²) in [6.07, 6.45) is 0. The quantitative estimate of drug-likeness (QED) is 0.852. The summed E-state index contributed by atoms with van der Waals surface area (Å²) in [6.45, 7) is 4.08. The van der Waals surface area contributed by atoms with Crippen LogP contribution in [-0.4, -0.2) is 46.3 Å². The number of ether oxygens (including phenoxy) is 1. The van der Waals surface area contributed by atoms with Crippen molar-refractivity contribution in [2.75, 3.05) is 19.8 Å². The maximum absolute atomic E-state index is 12.1. The highest BCUT2D eigenvalue weighted by Crippen LogP contribution is 2.25. The van der Waals surface area contributed by atoms with Gasteiger partial charge in [-0.2, -0.15) is 5.21 Å². The van der Waals surface area contributed by atoms with Gasteiger partial charge in [-0.1, -0.05) is 19.1 Å². The standard InChI is InChI=1S/C13H15N5O2/c1-13(7-20-8-13)6-14-12(19)10-4-2-3-9(5-10)11-15-17-18-16-11/h2-5H,6-8H2,1H3,(H,14,19)(H,15,16,17,18). The highest BCUT2D eigenvalue weighted by atomic mass is 16.5. The molecule has 0 bridgehead atoms. The molecule has 0 saturated carbocycles. The third kappa shape index (κ3) is 2.53. The van der Waals surface area contributed by atoms with E-state index in [9.17, 15) is 4.79 Å². The average Bonchev–Trinajstić information content (AvgIpc) is 2.97. The molecule has 1 aromatic heterocycles. The van der Waals surface area contributed by atoms with Crippen molar-refractivity contribution in [1.29, 1.82) is 0 Å². The first kappa shape index (κ1) is 12.7. The molecule has 7 nitrogen and oxygen atoms in total. The number of benzene rings is 1. The summed E-state index contributed by atoms with van der Waals surface area (Å²) in [5.74, 6) is 0.363. The molecular weight excluding hydrogens is 258 g/mol. The third-order valence-electron chi connectivity index (χ3n) is 3.31. The Labute approximate surface area is 115 Å². The van der Waals surface area contributed by atoms with E-state index in [0.29, 0.717) is 31.1 Å². The van der Waals surface area contributed by atoms with Gasteiger partial charge in [-0.25, -0.2) is 0 Å². The Balaban J connectivity index is 1.70. The van der Waals surface area contributed by atoms with Crippen molar-refractivity contribution in [2.45, 2.75) is 6.92 Å². The SMILES string of the molecule is CC1(CNC(=O)c2cccc(-c3nn[nH]n3)c2)COC1. The van der Waals surface area contributed by atoms with Crippen LogP contribution in [0.1, 0.15) is 17.3 Å². The molecule has 0 radical (unpaired) electrons. The fraction of sp³-hybridized carbons (Fsp3) is 0.385. The van der Waals surface area contributed by atoms with E-state index in [1.54, 1.807) is 18.2 Å². The zero-order valence-electron chi connectivity index (χ0n) is 11.1. The molecule has 1 aliphatic rings. The maximum Gasteiger partial charge on any atom is 0.251 e. The molecule has 2 N–H and O–H groups in total. The lowest BCUT2D eigenvalue weighted by molar-refractivity contribution is -0.0978. The van der Waals surface area contributed by atoms with Crippen molar-refractivity contribution >= 4 is 5.91 Å². The normalized spacial score (nSPS) is 16.4. The summed E-state index contributed by atoms with van der Waals surface area (Å²) < 4.78 is 5.17. The predicted molar refractivity (Wildman–Crippen MR) is 70.9 cm³/mol. The molecule has 0 aliphatic carbocycles. The number of nitrogens with one attached hydrogen (secondary N) is 2. The second-order valence-corrected chi connectivity index (χ2v) is 5.30. The molecule has 104 valence electrons. The Morgan fingerprint density at radius 1 is 1.50 bits per heavy atom. The molecule has 0 unspecified atom stereocenters. The first-order valence-electron chi connectivity index (χ1n) is 6.36. The smallest absolute Gasteiger partial charge is 0.251 e. The van der Waals surface area contributed by atoms with Gasteiger partial charge in [-0.3, -0.25) is 4.79 Å². The molecule has 1 fully saturated rings. The van der Waals surface area contributed by atoms with Crippen molar-refractivity contribution in [2.24, 2.45) is 5.41 Å². The van der Waals surface area contributed by atoms with Gasteiger partial charge in [0, 0.05) is 23.1 Å². The van der Waals surface area contributed by atoms with Gasteiger partial charge < -0.3 is 10.1 Å². The largest absolute Gasteiger partial charge is 0.380 e. The fourth-order valence-electron chi connectivity index (χ4n) is 2.03. The summed E-state index contributed by atoms with van der Waals surface area (Å²) >= 11 is 0. The van der Waals surface area contributed by atoms with Gasteiger partial charge in [0.2, 0.25) is 5.82 Å². The van der Waals surface area contributed by atoms with Gasteiger partial charge >= 0.3 is 0 Å². The zero-order valence-corrected chi connectivity index (χ0v) is 11.1. The fourth-order valence-corrected chi connectivity index (χ4v) is 2.03. The van der Waals surface area contributed by atoms with Crippen LogP contribution in [0.25, 0.3) is 11.4 Å². The van der Waals surface area contributed by atoms with E-state index in [2.05, 4.69) is 32.9 Å². The van der Waals surface area contributed by atoms with Gasteiger partial charge in [-0.15, -0.1) is 10.2 Å². The van der Waals surface area contributed by atoms with E-state index in [1.165, 1.54) is 0 Å². The average molecular weight is 273 g/mol. The lowest BCUT2D eigenvalue weighted by Gasteiger charge is -2.38. The number of rotatable bonds is 4. The minimum Gasteiger partial charge on any atom is -0.380 e. The number of aromatic nitrogens is 4.